The van der Waals surface area contributed by atoms with Gasteiger partial charge in [-0.05, 0) is 37.7 Å². The maximum Gasteiger partial charge on any atom is 0.328 e. The molecule has 5 heteroatoms. The maximum atomic E-state index is 12.0. The van der Waals surface area contributed by atoms with Crippen molar-refractivity contribution >= 4 is 11.9 Å². The lowest BCUT2D eigenvalue weighted by Crippen LogP contribution is -2.48. The highest BCUT2D eigenvalue weighted by molar-refractivity contribution is 5.87. The molecular formula is C18H28N2O3. The highest BCUT2D eigenvalue weighted by atomic mass is 16.5. The molecule has 1 aliphatic heterocycles. The molecule has 0 aromatic carbocycles. The van der Waals surface area contributed by atoms with Crippen molar-refractivity contribution in [3.8, 4) is 0 Å². The van der Waals surface area contributed by atoms with Crippen LogP contribution in [0.3, 0.4) is 0 Å². The Bertz CT molecular complexity index is 469. The van der Waals surface area contributed by atoms with E-state index in [2.05, 4.69) is 18.5 Å². The molecule has 0 aromatic rings. The SMILES string of the molecule is C=CC(=O)NC(C(=C)N1CCCC1C(=O)OC)C1CCCCC1. The number of hydrogen-bond donors (Lipinski definition) is 1. The number of nitrogens with zero attached hydrogens (tertiary/aromatic N) is 1. The number of esters is 1. The fourth-order valence-electron chi connectivity index (χ4n) is 3.82. The summed E-state index contributed by atoms with van der Waals surface area (Å²) in [4.78, 5) is 25.9. The van der Waals surface area contributed by atoms with Gasteiger partial charge >= 0.3 is 5.97 Å². The largest absolute Gasteiger partial charge is 0.467 e. The Morgan fingerprint density at radius 3 is 2.52 bits per heavy atom. The number of amides is 1. The van der Waals surface area contributed by atoms with Gasteiger partial charge in [0.15, 0.2) is 0 Å². The zero-order valence-electron chi connectivity index (χ0n) is 14.1. The van der Waals surface area contributed by atoms with E-state index in [4.69, 9.17) is 4.74 Å². The molecule has 23 heavy (non-hydrogen) atoms. The van der Waals surface area contributed by atoms with Crippen molar-refractivity contribution in [2.75, 3.05) is 13.7 Å². The van der Waals surface area contributed by atoms with E-state index in [-0.39, 0.29) is 24.0 Å². The Morgan fingerprint density at radius 2 is 1.91 bits per heavy atom. The van der Waals surface area contributed by atoms with Gasteiger partial charge in [0.1, 0.15) is 6.04 Å². The Labute approximate surface area is 138 Å². The van der Waals surface area contributed by atoms with Crippen LogP contribution in [-0.2, 0) is 14.3 Å². The van der Waals surface area contributed by atoms with E-state index in [1.807, 2.05) is 4.90 Å². The average molecular weight is 320 g/mol. The second-order valence-corrected chi connectivity index (χ2v) is 6.45. The summed E-state index contributed by atoms with van der Waals surface area (Å²) >= 11 is 0. The molecule has 2 aliphatic rings. The van der Waals surface area contributed by atoms with Crippen LogP contribution in [0.4, 0.5) is 0 Å². The second kappa shape index (κ2) is 8.18. The molecule has 1 amide bonds. The third-order valence-electron chi connectivity index (χ3n) is 5.06. The zero-order chi connectivity index (χ0) is 16.8. The Hall–Kier alpha value is -1.78. The third kappa shape index (κ3) is 4.15. The van der Waals surface area contributed by atoms with Crippen LogP contribution in [0.15, 0.2) is 24.9 Å². The minimum atomic E-state index is -0.278. The van der Waals surface area contributed by atoms with Crippen molar-refractivity contribution in [1.82, 2.24) is 10.2 Å². The topological polar surface area (TPSA) is 58.6 Å². The zero-order valence-corrected chi connectivity index (χ0v) is 14.1. The van der Waals surface area contributed by atoms with Crippen LogP contribution in [0.1, 0.15) is 44.9 Å². The van der Waals surface area contributed by atoms with E-state index in [1.165, 1.54) is 32.4 Å². The van der Waals surface area contributed by atoms with Crippen molar-refractivity contribution < 1.29 is 14.3 Å². The fourth-order valence-corrected chi connectivity index (χ4v) is 3.82. The van der Waals surface area contributed by atoms with Crippen molar-refractivity contribution in [3.05, 3.63) is 24.9 Å². The fraction of sp³-hybridized carbons (Fsp3) is 0.667. The van der Waals surface area contributed by atoms with Gasteiger partial charge in [-0.25, -0.2) is 4.79 Å². The Kier molecular flexibility index (Phi) is 6.25. The van der Waals surface area contributed by atoms with Gasteiger partial charge in [-0.1, -0.05) is 32.4 Å². The summed E-state index contributed by atoms with van der Waals surface area (Å²) < 4.78 is 4.92. The number of ether oxygens (including phenoxy) is 1. The van der Waals surface area contributed by atoms with Gasteiger partial charge in [0, 0.05) is 12.2 Å². The van der Waals surface area contributed by atoms with Crippen LogP contribution >= 0.6 is 0 Å². The molecule has 2 fully saturated rings. The van der Waals surface area contributed by atoms with Gasteiger partial charge in [-0.2, -0.15) is 0 Å². The number of likely N-dealkylation sites (tertiary alicyclic amines) is 1. The first kappa shape index (κ1) is 17.6. The monoisotopic (exact) mass is 320 g/mol. The van der Waals surface area contributed by atoms with Crippen LogP contribution in [-0.4, -0.2) is 42.5 Å². The number of carbonyl (C=O) groups is 2. The first-order valence-electron chi connectivity index (χ1n) is 8.54. The predicted octanol–water partition coefficient (Wildman–Crippen LogP) is 2.39. The number of hydrogen-bond acceptors (Lipinski definition) is 4. The number of methoxy groups -OCH3 is 1. The molecule has 2 unspecified atom stereocenters. The number of nitrogens with one attached hydrogen (secondary N) is 1. The highest BCUT2D eigenvalue weighted by Gasteiger charge is 2.37. The van der Waals surface area contributed by atoms with Crippen molar-refractivity contribution in [2.24, 2.45) is 5.92 Å². The van der Waals surface area contributed by atoms with Crippen molar-refractivity contribution in [2.45, 2.75) is 57.0 Å². The molecule has 5 nitrogen and oxygen atoms in total. The maximum absolute atomic E-state index is 12.0. The molecule has 0 spiro atoms. The lowest BCUT2D eigenvalue weighted by atomic mass is 9.82. The van der Waals surface area contributed by atoms with E-state index in [0.29, 0.717) is 5.92 Å². The van der Waals surface area contributed by atoms with Gasteiger partial charge in [0.25, 0.3) is 0 Å². The quantitative estimate of drug-likeness (QED) is 0.603. The van der Waals surface area contributed by atoms with Gasteiger partial charge in [0.2, 0.25) is 5.91 Å². The molecule has 128 valence electrons. The van der Waals surface area contributed by atoms with Gasteiger partial charge in [-0.3, -0.25) is 4.79 Å². The summed E-state index contributed by atoms with van der Waals surface area (Å²) in [7, 11) is 1.42. The molecule has 1 aliphatic carbocycles. The van der Waals surface area contributed by atoms with E-state index < -0.39 is 0 Å². The van der Waals surface area contributed by atoms with E-state index in [0.717, 1.165) is 37.9 Å². The minimum absolute atomic E-state index is 0.133. The summed E-state index contributed by atoms with van der Waals surface area (Å²) in [5.74, 6) is -0.0318. The molecule has 2 atom stereocenters. The standard InChI is InChI=1S/C18H28N2O3/c1-4-16(21)19-17(14-9-6-5-7-10-14)13(2)20-12-8-11-15(20)18(22)23-3/h4,14-15,17H,1-2,5-12H2,3H3,(H,19,21). The minimum Gasteiger partial charge on any atom is -0.467 e. The summed E-state index contributed by atoms with van der Waals surface area (Å²) in [6, 6.07) is -0.412. The second-order valence-electron chi connectivity index (χ2n) is 6.45. The summed E-state index contributed by atoms with van der Waals surface area (Å²) in [5.41, 5.74) is 0.833. The lowest BCUT2D eigenvalue weighted by Gasteiger charge is -2.37. The molecule has 0 radical (unpaired) electrons. The normalized spacial score (nSPS) is 23.2. The average Bonchev–Trinajstić information content (AvgIpc) is 3.08. The third-order valence-corrected chi connectivity index (χ3v) is 5.06. The van der Waals surface area contributed by atoms with E-state index >= 15 is 0 Å². The van der Waals surface area contributed by atoms with Crippen LogP contribution in [0, 0.1) is 5.92 Å². The first-order valence-corrected chi connectivity index (χ1v) is 8.54. The molecular weight excluding hydrogens is 292 g/mol. The van der Waals surface area contributed by atoms with E-state index in [1.54, 1.807) is 0 Å². The van der Waals surface area contributed by atoms with Crippen LogP contribution in [0.2, 0.25) is 0 Å². The van der Waals surface area contributed by atoms with Crippen molar-refractivity contribution in [1.29, 1.82) is 0 Å². The molecule has 1 saturated carbocycles. The molecule has 0 bridgehead atoms. The lowest BCUT2D eigenvalue weighted by molar-refractivity contribution is -0.145. The molecule has 1 N–H and O–H groups in total. The smallest absolute Gasteiger partial charge is 0.328 e. The first-order chi connectivity index (χ1) is 11.1. The molecule has 1 saturated heterocycles. The van der Waals surface area contributed by atoms with Crippen molar-refractivity contribution in [3.63, 3.8) is 0 Å². The Balaban J connectivity index is 2.15. The number of carbonyl (C=O) groups excluding carboxylic acids is 2. The molecule has 2 rings (SSSR count). The van der Waals surface area contributed by atoms with Crippen LogP contribution in [0.25, 0.3) is 0 Å². The summed E-state index contributed by atoms with van der Waals surface area (Å²) in [6.45, 7) is 8.56. The summed E-state index contributed by atoms with van der Waals surface area (Å²) in [6.07, 6.45) is 8.78. The van der Waals surface area contributed by atoms with Gasteiger partial charge < -0.3 is 15.0 Å². The number of rotatable bonds is 6. The van der Waals surface area contributed by atoms with Gasteiger partial charge in [-0.15, -0.1) is 0 Å². The highest BCUT2D eigenvalue weighted by Crippen LogP contribution is 2.33. The Morgan fingerprint density at radius 1 is 1.22 bits per heavy atom. The molecule has 1 heterocycles. The van der Waals surface area contributed by atoms with E-state index in [9.17, 15) is 9.59 Å². The molecule has 0 aromatic heterocycles. The summed E-state index contributed by atoms with van der Waals surface area (Å²) in [5, 5.41) is 3.04. The van der Waals surface area contributed by atoms with Gasteiger partial charge in [0.05, 0.1) is 13.2 Å². The van der Waals surface area contributed by atoms with Crippen LogP contribution < -0.4 is 5.32 Å². The predicted molar refractivity (Wildman–Crippen MR) is 89.6 cm³/mol. The van der Waals surface area contributed by atoms with Crippen LogP contribution in [0.5, 0.6) is 0 Å².